The minimum absolute atomic E-state index is 0.00854. The van der Waals surface area contributed by atoms with E-state index in [-0.39, 0.29) is 16.4 Å². The average molecular weight is 273 g/mol. The fourth-order valence-corrected chi connectivity index (χ4v) is 1.21. The highest BCUT2D eigenvalue weighted by Crippen LogP contribution is 2.27. The quantitative estimate of drug-likeness (QED) is 0.585. The van der Waals surface area contributed by atoms with Gasteiger partial charge in [0.05, 0.1) is 16.4 Å². The maximum Gasteiger partial charge on any atom is 0.416 e. The molecule has 0 spiro atoms. The van der Waals surface area contributed by atoms with Crippen molar-refractivity contribution in [2.75, 3.05) is 17.6 Å². The summed E-state index contributed by atoms with van der Waals surface area (Å²) in [6.45, 7) is -0.825. The molecule has 17 heavy (non-hydrogen) atoms. The lowest BCUT2D eigenvalue weighted by atomic mass is 10.2. The van der Waals surface area contributed by atoms with Gasteiger partial charge < -0.3 is 16.2 Å². The van der Waals surface area contributed by atoms with E-state index in [1.165, 1.54) is 0 Å². The number of hydrogen-bond donors (Lipinski definition) is 3. The zero-order valence-corrected chi connectivity index (χ0v) is 9.11. The molecule has 0 aliphatic rings. The van der Waals surface area contributed by atoms with Gasteiger partial charge in [0.15, 0.2) is 6.10 Å². The molecule has 0 heterocycles. The Labute approximate surface area is 99.2 Å². The molecule has 4 N–H and O–H groups in total. The minimum Gasteiger partial charge on any atom is -0.397 e. The summed E-state index contributed by atoms with van der Waals surface area (Å²) >= 11 is 5.41. The Morgan fingerprint density at radius 2 is 2.00 bits per heavy atom. The van der Waals surface area contributed by atoms with E-state index in [0.717, 1.165) is 12.1 Å². The molecule has 0 aliphatic carbocycles. The van der Waals surface area contributed by atoms with Crippen molar-refractivity contribution in [1.29, 1.82) is 0 Å². The predicted molar refractivity (Wildman–Crippen MR) is 56.4 cm³/mol. The lowest BCUT2D eigenvalue weighted by molar-refractivity contribution is -0.198. The smallest absolute Gasteiger partial charge is 0.397 e. The molecule has 0 bridgehead atoms. The summed E-state index contributed by atoms with van der Waals surface area (Å²) in [5.41, 5.74) is 5.34. The second kappa shape index (κ2) is 4.97. The fourth-order valence-electron chi connectivity index (χ4n) is 1.04. The van der Waals surface area contributed by atoms with Crippen molar-refractivity contribution in [3.05, 3.63) is 23.0 Å². The summed E-state index contributed by atoms with van der Waals surface area (Å²) in [6.07, 6.45) is -7.30. The third kappa shape index (κ3) is 3.64. The Morgan fingerprint density at radius 1 is 1.41 bits per heavy atom. The van der Waals surface area contributed by atoms with E-state index in [2.05, 4.69) is 5.32 Å². The standard InChI is InChI=1S/C9H9ClF4N2O/c10-4-1-6(15)7(2-5(4)11)16-3-8(17)9(12,13)14/h1-2,8,16-17H,3,15H2. The zero-order chi connectivity index (χ0) is 13.2. The number of nitrogen functional groups attached to an aromatic ring is 1. The summed E-state index contributed by atoms with van der Waals surface area (Å²) in [5.74, 6) is -0.815. The van der Waals surface area contributed by atoms with Crippen LogP contribution in [0.3, 0.4) is 0 Å². The van der Waals surface area contributed by atoms with Crippen LogP contribution in [-0.4, -0.2) is 23.9 Å². The number of halogens is 5. The molecule has 0 amide bonds. The van der Waals surface area contributed by atoms with Crippen molar-refractivity contribution in [2.24, 2.45) is 0 Å². The molecular weight excluding hydrogens is 264 g/mol. The monoisotopic (exact) mass is 272 g/mol. The van der Waals surface area contributed by atoms with Gasteiger partial charge in [-0.25, -0.2) is 4.39 Å². The van der Waals surface area contributed by atoms with Crippen molar-refractivity contribution in [1.82, 2.24) is 0 Å². The van der Waals surface area contributed by atoms with Gasteiger partial charge in [-0.2, -0.15) is 13.2 Å². The summed E-state index contributed by atoms with van der Waals surface area (Å²) in [7, 11) is 0. The number of nitrogens with one attached hydrogen (secondary N) is 1. The number of benzene rings is 1. The number of nitrogens with two attached hydrogens (primary N) is 1. The van der Waals surface area contributed by atoms with Crippen LogP contribution in [0.4, 0.5) is 28.9 Å². The van der Waals surface area contributed by atoms with E-state index in [0.29, 0.717) is 0 Å². The number of alkyl halides is 3. The number of hydrogen-bond acceptors (Lipinski definition) is 3. The van der Waals surface area contributed by atoms with E-state index in [9.17, 15) is 17.6 Å². The molecule has 1 atom stereocenters. The Balaban J connectivity index is 2.73. The lowest BCUT2D eigenvalue weighted by Gasteiger charge is -2.16. The highest BCUT2D eigenvalue weighted by Gasteiger charge is 2.37. The first kappa shape index (κ1) is 13.9. The van der Waals surface area contributed by atoms with Crippen molar-refractivity contribution in [2.45, 2.75) is 12.3 Å². The van der Waals surface area contributed by atoms with Crippen LogP contribution in [0.5, 0.6) is 0 Å². The van der Waals surface area contributed by atoms with Crippen molar-refractivity contribution in [3.63, 3.8) is 0 Å². The summed E-state index contributed by atoms with van der Waals surface area (Å²) in [5, 5.41) is 10.7. The molecular formula is C9H9ClF4N2O. The van der Waals surface area contributed by atoms with Gasteiger partial charge in [0.2, 0.25) is 0 Å². The lowest BCUT2D eigenvalue weighted by Crippen LogP contribution is -2.35. The number of aliphatic hydroxyl groups excluding tert-OH is 1. The normalized spacial score (nSPS) is 13.5. The van der Waals surface area contributed by atoms with Crippen LogP contribution in [0.1, 0.15) is 0 Å². The van der Waals surface area contributed by atoms with E-state index < -0.39 is 24.6 Å². The molecule has 0 aromatic heterocycles. The van der Waals surface area contributed by atoms with Crippen LogP contribution in [0.15, 0.2) is 12.1 Å². The molecule has 0 saturated carbocycles. The summed E-state index contributed by atoms with van der Waals surface area (Å²) < 4.78 is 48.9. The first-order chi connectivity index (χ1) is 7.71. The molecule has 96 valence electrons. The molecule has 0 radical (unpaired) electrons. The van der Waals surface area contributed by atoms with Gasteiger partial charge in [-0.3, -0.25) is 0 Å². The van der Waals surface area contributed by atoms with E-state index in [1.54, 1.807) is 0 Å². The van der Waals surface area contributed by atoms with Gasteiger partial charge in [0.25, 0.3) is 0 Å². The second-order valence-electron chi connectivity index (χ2n) is 3.29. The van der Waals surface area contributed by atoms with Gasteiger partial charge in [-0.15, -0.1) is 0 Å². The van der Waals surface area contributed by atoms with Gasteiger partial charge in [0, 0.05) is 12.6 Å². The molecule has 0 fully saturated rings. The number of aliphatic hydroxyl groups is 1. The van der Waals surface area contributed by atoms with Crippen LogP contribution in [-0.2, 0) is 0 Å². The number of anilines is 2. The van der Waals surface area contributed by atoms with Crippen molar-refractivity contribution >= 4 is 23.0 Å². The molecule has 0 aliphatic heterocycles. The Hall–Kier alpha value is -1.21. The van der Waals surface area contributed by atoms with Gasteiger partial charge in [-0.1, -0.05) is 11.6 Å². The van der Waals surface area contributed by atoms with Crippen LogP contribution in [0.25, 0.3) is 0 Å². The first-order valence-electron chi connectivity index (χ1n) is 4.45. The molecule has 1 aromatic rings. The highest BCUT2D eigenvalue weighted by atomic mass is 35.5. The fraction of sp³-hybridized carbons (Fsp3) is 0.333. The average Bonchev–Trinajstić information content (AvgIpc) is 2.19. The van der Waals surface area contributed by atoms with Crippen molar-refractivity contribution < 1.29 is 22.7 Å². The van der Waals surface area contributed by atoms with Gasteiger partial charge in [-0.05, 0) is 6.07 Å². The second-order valence-corrected chi connectivity index (χ2v) is 3.70. The molecule has 3 nitrogen and oxygen atoms in total. The molecule has 0 saturated heterocycles. The molecule has 1 rings (SSSR count). The van der Waals surface area contributed by atoms with Gasteiger partial charge >= 0.3 is 6.18 Å². The Bertz CT molecular complexity index is 411. The highest BCUT2D eigenvalue weighted by molar-refractivity contribution is 6.31. The van der Waals surface area contributed by atoms with E-state index in [4.69, 9.17) is 22.4 Å². The Morgan fingerprint density at radius 3 is 2.53 bits per heavy atom. The van der Waals surface area contributed by atoms with Crippen LogP contribution in [0.2, 0.25) is 5.02 Å². The third-order valence-electron chi connectivity index (χ3n) is 1.96. The molecule has 1 unspecified atom stereocenters. The van der Waals surface area contributed by atoms with E-state index >= 15 is 0 Å². The Kier molecular flexibility index (Phi) is 4.05. The summed E-state index contributed by atoms with van der Waals surface area (Å²) in [4.78, 5) is 0. The third-order valence-corrected chi connectivity index (χ3v) is 2.25. The van der Waals surface area contributed by atoms with Crippen LogP contribution < -0.4 is 11.1 Å². The minimum atomic E-state index is -4.74. The molecule has 8 heteroatoms. The van der Waals surface area contributed by atoms with Crippen molar-refractivity contribution in [3.8, 4) is 0 Å². The van der Waals surface area contributed by atoms with Crippen LogP contribution in [0, 0.1) is 5.82 Å². The van der Waals surface area contributed by atoms with Gasteiger partial charge in [0.1, 0.15) is 5.82 Å². The number of rotatable bonds is 3. The maximum atomic E-state index is 13.0. The zero-order valence-electron chi connectivity index (χ0n) is 8.35. The molecule has 1 aromatic carbocycles. The predicted octanol–water partition coefficient (Wildman–Crippen LogP) is 2.40. The maximum absolute atomic E-state index is 13.0. The van der Waals surface area contributed by atoms with Crippen LogP contribution >= 0.6 is 11.6 Å². The van der Waals surface area contributed by atoms with E-state index in [1.807, 2.05) is 0 Å². The SMILES string of the molecule is Nc1cc(Cl)c(F)cc1NCC(O)C(F)(F)F. The summed E-state index contributed by atoms with van der Waals surface area (Å²) in [6, 6.07) is 1.93. The topological polar surface area (TPSA) is 58.3 Å². The first-order valence-corrected chi connectivity index (χ1v) is 4.82. The largest absolute Gasteiger partial charge is 0.416 e.